The molecule has 0 radical (unpaired) electrons. The largest absolute Gasteiger partial charge is 0.467 e. The second-order valence-electron chi connectivity index (χ2n) is 6.41. The van der Waals surface area contributed by atoms with Crippen molar-refractivity contribution in [3.05, 3.63) is 65.2 Å². The minimum atomic E-state index is -1.17. The van der Waals surface area contributed by atoms with Crippen molar-refractivity contribution in [3.63, 3.8) is 0 Å². The Morgan fingerprint density at radius 1 is 1.11 bits per heavy atom. The molecule has 2 aromatic carbocycles. The Labute approximate surface area is 160 Å². The number of amides is 2. The summed E-state index contributed by atoms with van der Waals surface area (Å²) in [7, 11) is 1.21. The summed E-state index contributed by atoms with van der Waals surface area (Å²) in [5.41, 5.74) is 1.94. The maximum Gasteiger partial charge on any atom is 0.329 e. The lowest BCUT2D eigenvalue weighted by Gasteiger charge is -2.29. The van der Waals surface area contributed by atoms with Crippen LogP contribution in [0, 0.1) is 0 Å². The van der Waals surface area contributed by atoms with Gasteiger partial charge in [0, 0.05) is 18.2 Å². The molecule has 6 nitrogen and oxygen atoms in total. The summed E-state index contributed by atoms with van der Waals surface area (Å²) in [6.45, 7) is 0. The Kier molecular flexibility index (Phi) is 4.08. The molecular formula is C20H15ClN2O4. The summed E-state index contributed by atoms with van der Waals surface area (Å²) < 4.78 is 4.88. The molecule has 2 heterocycles. The van der Waals surface area contributed by atoms with Gasteiger partial charge in [0.15, 0.2) is 0 Å². The first-order valence-corrected chi connectivity index (χ1v) is 8.72. The summed E-state index contributed by atoms with van der Waals surface area (Å²) in [5, 5.41) is 0. The lowest BCUT2D eigenvalue weighted by molar-refractivity contribution is -0.145. The average Bonchev–Trinajstić information content (AvgIpc) is 3.15. The van der Waals surface area contributed by atoms with Gasteiger partial charge in [0.2, 0.25) is 0 Å². The van der Waals surface area contributed by atoms with E-state index >= 15 is 0 Å². The quantitative estimate of drug-likeness (QED) is 0.462. The van der Waals surface area contributed by atoms with Gasteiger partial charge in [0.1, 0.15) is 10.9 Å². The molecule has 4 rings (SSSR count). The number of para-hydroxylation sites is 1. The number of carbonyl (C=O) groups is 3. The predicted molar refractivity (Wildman–Crippen MR) is 99.5 cm³/mol. The molecule has 0 aliphatic carbocycles. The van der Waals surface area contributed by atoms with Crippen molar-refractivity contribution in [2.75, 3.05) is 7.11 Å². The number of halogens is 1. The average molecular weight is 383 g/mol. The van der Waals surface area contributed by atoms with Crippen molar-refractivity contribution in [1.29, 1.82) is 0 Å². The first-order chi connectivity index (χ1) is 13.0. The molecule has 0 saturated heterocycles. The van der Waals surface area contributed by atoms with Gasteiger partial charge in [0.05, 0.1) is 23.9 Å². The molecule has 2 amide bonds. The van der Waals surface area contributed by atoms with Gasteiger partial charge >= 0.3 is 5.97 Å². The monoisotopic (exact) mass is 382 g/mol. The van der Waals surface area contributed by atoms with Crippen LogP contribution in [0.1, 0.15) is 32.7 Å². The second kappa shape index (κ2) is 6.32. The number of carbonyl (C=O) groups excluding carboxylic acids is 3. The van der Waals surface area contributed by atoms with E-state index in [9.17, 15) is 14.4 Å². The molecule has 7 heteroatoms. The van der Waals surface area contributed by atoms with Gasteiger partial charge in [-0.15, -0.1) is 11.6 Å². The summed E-state index contributed by atoms with van der Waals surface area (Å²) >= 11 is 6.78. The molecule has 136 valence electrons. The van der Waals surface area contributed by atoms with Crippen LogP contribution in [0.25, 0.3) is 0 Å². The SMILES string of the molecule is COC(=O)[C@H](CC1(Cl)C=Nc2ccccc21)N1C(=O)c2ccccc2C1=O. The molecule has 2 aliphatic rings. The van der Waals surface area contributed by atoms with Crippen molar-refractivity contribution in [3.8, 4) is 0 Å². The summed E-state index contributed by atoms with van der Waals surface area (Å²) in [4.78, 5) is 42.3. The van der Waals surface area contributed by atoms with Crippen LogP contribution in [-0.4, -0.2) is 42.0 Å². The van der Waals surface area contributed by atoms with E-state index in [0.717, 1.165) is 10.5 Å². The highest BCUT2D eigenvalue weighted by molar-refractivity contribution is 6.34. The smallest absolute Gasteiger partial charge is 0.329 e. The van der Waals surface area contributed by atoms with Gasteiger partial charge in [-0.3, -0.25) is 19.5 Å². The fourth-order valence-corrected chi connectivity index (χ4v) is 3.88. The fourth-order valence-electron chi connectivity index (χ4n) is 3.53. The molecule has 2 aromatic rings. The van der Waals surface area contributed by atoms with Crippen LogP contribution in [-0.2, 0) is 14.4 Å². The number of imide groups is 1. The van der Waals surface area contributed by atoms with Gasteiger partial charge in [0.25, 0.3) is 11.8 Å². The van der Waals surface area contributed by atoms with Crippen molar-refractivity contribution < 1.29 is 19.1 Å². The van der Waals surface area contributed by atoms with E-state index in [1.54, 1.807) is 24.3 Å². The molecule has 0 aromatic heterocycles. The van der Waals surface area contributed by atoms with E-state index in [1.165, 1.54) is 13.3 Å². The van der Waals surface area contributed by atoms with E-state index < -0.39 is 28.7 Å². The summed E-state index contributed by atoms with van der Waals surface area (Å²) in [6.07, 6.45) is 1.50. The number of alkyl halides is 1. The Hall–Kier alpha value is -2.99. The van der Waals surface area contributed by atoms with E-state index in [0.29, 0.717) is 5.69 Å². The molecule has 2 aliphatic heterocycles. The van der Waals surface area contributed by atoms with Crippen LogP contribution in [0.5, 0.6) is 0 Å². The van der Waals surface area contributed by atoms with Crippen molar-refractivity contribution in [2.45, 2.75) is 17.3 Å². The molecular weight excluding hydrogens is 368 g/mol. The lowest BCUT2D eigenvalue weighted by Crippen LogP contribution is -2.48. The predicted octanol–water partition coefficient (Wildman–Crippen LogP) is 3.06. The first kappa shape index (κ1) is 17.4. The van der Waals surface area contributed by atoms with E-state index in [1.807, 2.05) is 24.3 Å². The molecule has 2 atom stereocenters. The number of aliphatic imine (C=N–C) groups is 1. The van der Waals surface area contributed by atoms with Crippen LogP contribution < -0.4 is 0 Å². The normalized spacial score (nSPS) is 21.2. The van der Waals surface area contributed by atoms with Crippen molar-refractivity contribution >= 4 is 41.3 Å². The Morgan fingerprint density at radius 3 is 2.33 bits per heavy atom. The molecule has 27 heavy (non-hydrogen) atoms. The van der Waals surface area contributed by atoms with Crippen LogP contribution in [0.3, 0.4) is 0 Å². The maximum absolute atomic E-state index is 12.8. The van der Waals surface area contributed by atoms with Crippen molar-refractivity contribution in [1.82, 2.24) is 4.90 Å². The molecule has 0 saturated carbocycles. The topological polar surface area (TPSA) is 76.0 Å². The molecule has 0 bridgehead atoms. The molecule has 0 N–H and O–H groups in total. The highest BCUT2D eigenvalue weighted by atomic mass is 35.5. The standard InChI is InChI=1S/C20H15ClN2O4/c1-27-19(26)16(10-20(21)11-22-15-9-5-4-8-14(15)20)23-17(24)12-6-2-3-7-13(12)18(23)25/h2-9,11,16H,10H2,1H3/t16-,20?/m0/s1. The molecule has 0 spiro atoms. The number of benzene rings is 2. The summed E-state index contributed by atoms with van der Waals surface area (Å²) in [5.74, 6) is -1.77. The van der Waals surface area contributed by atoms with E-state index in [4.69, 9.17) is 16.3 Å². The van der Waals surface area contributed by atoms with Gasteiger partial charge in [-0.2, -0.15) is 0 Å². The highest BCUT2D eigenvalue weighted by Crippen LogP contribution is 2.44. The second-order valence-corrected chi connectivity index (χ2v) is 7.08. The molecule has 0 fully saturated rings. The Balaban J connectivity index is 1.73. The maximum atomic E-state index is 12.8. The lowest BCUT2D eigenvalue weighted by atomic mass is 9.92. The molecule has 1 unspecified atom stereocenters. The highest BCUT2D eigenvalue weighted by Gasteiger charge is 2.48. The number of fused-ring (bicyclic) bond motifs is 2. The third kappa shape index (κ3) is 2.64. The Bertz CT molecular complexity index is 968. The number of hydrogen-bond donors (Lipinski definition) is 0. The zero-order valence-electron chi connectivity index (χ0n) is 14.4. The summed E-state index contributed by atoms with van der Waals surface area (Å²) in [6, 6.07) is 12.6. The van der Waals surface area contributed by atoms with Crippen LogP contribution >= 0.6 is 11.6 Å². The number of hydrogen-bond acceptors (Lipinski definition) is 5. The minimum Gasteiger partial charge on any atom is -0.467 e. The minimum absolute atomic E-state index is 0.0345. The van der Waals surface area contributed by atoms with Crippen LogP contribution in [0.15, 0.2) is 53.5 Å². The third-order valence-corrected chi connectivity index (χ3v) is 5.32. The Morgan fingerprint density at radius 2 is 1.70 bits per heavy atom. The van der Waals surface area contributed by atoms with E-state index in [2.05, 4.69) is 4.99 Å². The van der Waals surface area contributed by atoms with Gasteiger partial charge in [-0.05, 0) is 18.2 Å². The van der Waals surface area contributed by atoms with Crippen LogP contribution in [0.2, 0.25) is 0 Å². The number of methoxy groups -OCH3 is 1. The van der Waals surface area contributed by atoms with Gasteiger partial charge in [-0.1, -0.05) is 30.3 Å². The first-order valence-electron chi connectivity index (χ1n) is 8.34. The number of nitrogens with zero attached hydrogens (tertiary/aromatic N) is 2. The van der Waals surface area contributed by atoms with E-state index in [-0.39, 0.29) is 17.5 Å². The number of ether oxygens (including phenoxy) is 1. The zero-order valence-corrected chi connectivity index (χ0v) is 15.1. The number of rotatable bonds is 4. The van der Waals surface area contributed by atoms with Gasteiger partial charge in [-0.25, -0.2) is 4.79 Å². The zero-order chi connectivity index (χ0) is 19.2. The van der Waals surface area contributed by atoms with Crippen molar-refractivity contribution in [2.24, 2.45) is 4.99 Å². The third-order valence-electron chi connectivity index (χ3n) is 4.86. The van der Waals surface area contributed by atoms with Crippen LogP contribution in [0.4, 0.5) is 5.69 Å². The van der Waals surface area contributed by atoms with Gasteiger partial charge < -0.3 is 4.74 Å². The fraction of sp³-hybridized carbons (Fsp3) is 0.200. The number of esters is 1.